The van der Waals surface area contributed by atoms with Gasteiger partial charge in [-0.05, 0) is 0 Å². The van der Waals surface area contributed by atoms with Crippen molar-refractivity contribution in [3.05, 3.63) is 22.5 Å². The van der Waals surface area contributed by atoms with Gasteiger partial charge in [0.15, 0.2) is 17.4 Å². The van der Waals surface area contributed by atoms with Crippen molar-refractivity contribution in [3.8, 4) is 0 Å². The minimum atomic E-state index is -5.10. The van der Waals surface area contributed by atoms with Gasteiger partial charge in [0.05, 0.1) is 12.9 Å². The number of imidazole rings is 1. The number of fused-ring (bicyclic) bond motifs is 1. The number of hydrogen-bond acceptors (Lipinski definition) is 8. The van der Waals surface area contributed by atoms with Gasteiger partial charge in [0.2, 0.25) is 5.91 Å². The predicted octanol–water partition coefficient (Wildman–Crippen LogP) is -1.06. The molecule has 1 aliphatic rings. The molecule has 1 fully saturated rings. The first-order valence-corrected chi connectivity index (χ1v) is 8.45. The van der Waals surface area contributed by atoms with Crippen LogP contribution in [-0.4, -0.2) is 66.9 Å². The fourth-order valence-corrected chi connectivity index (χ4v) is 3.02. The fourth-order valence-electron chi connectivity index (χ4n) is 3.02. The summed E-state index contributed by atoms with van der Waals surface area (Å²) in [6, 6.07) is 0. The van der Waals surface area contributed by atoms with Crippen molar-refractivity contribution in [2.75, 3.05) is 6.61 Å². The van der Waals surface area contributed by atoms with E-state index in [-0.39, 0.29) is 23.4 Å². The number of carbonyl (C=O) groups is 1. The number of rotatable bonds is 6. The molecule has 14 heteroatoms. The van der Waals surface area contributed by atoms with E-state index in [1.165, 1.54) is 6.92 Å². The molecule has 160 valence electrons. The zero-order chi connectivity index (χ0) is 21.5. The Labute approximate surface area is 160 Å². The molecule has 5 atom stereocenters. The number of aromatic amines is 1. The summed E-state index contributed by atoms with van der Waals surface area (Å²) in [6.07, 6.45) is -10.8. The van der Waals surface area contributed by atoms with Crippen LogP contribution < -0.4 is 11.3 Å². The second-order valence-corrected chi connectivity index (χ2v) is 6.61. The molecule has 0 bridgehead atoms. The summed E-state index contributed by atoms with van der Waals surface area (Å²) in [5.41, 5.74) is 4.16. The molecular formula is C15H18F3N5O6. The third-order valence-electron chi connectivity index (χ3n) is 4.50. The molecule has 1 unspecified atom stereocenters. The number of H-pyrrole nitrogens is 1. The molecule has 2 aromatic rings. The van der Waals surface area contributed by atoms with Gasteiger partial charge in [-0.25, -0.2) is 9.97 Å². The molecule has 2 aromatic heterocycles. The number of amides is 1. The topological polar surface area (TPSA) is 166 Å². The number of halogens is 3. The summed E-state index contributed by atoms with van der Waals surface area (Å²) < 4.78 is 48.7. The second kappa shape index (κ2) is 7.70. The molecule has 3 rings (SSSR count). The van der Waals surface area contributed by atoms with Crippen LogP contribution in [0.4, 0.5) is 13.2 Å². The lowest BCUT2D eigenvalue weighted by Gasteiger charge is -2.23. The predicted molar refractivity (Wildman–Crippen MR) is 88.1 cm³/mol. The Kier molecular flexibility index (Phi) is 5.62. The first-order chi connectivity index (χ1) is 13.5. The average Bonchev–Trinajstić information content (AvgIpc) is 3.16. The maximum Gasteiger partial charge on any atom is 0.523 e. The normalized spacial score (nSPS) is 26.1. The Morgan fingerprint density at radius 3 is 2.79 bits per heavy atom. The Morgan fingerprint density at radius 1 is 1.52 bits per heavy atom. The van der Waals surface area contributed by atoms with E-state index in [0.717, 1.165) is 10.9 Å². The summed E-state index contributed by atoms with van der Waals surface area (Å²) in [5.74, 6) is -1.24. The minimum Gasteiger partial charge on any atom is -0.394 e. The number of nitrogens with two attached hydrogens (primary N) is 1. The second-order valence-electron chi connectivity index (χ2n) is 6.61. The summed E-state index contributed by atoms with van der Waals surface area (Å²) in [5, 5.41) is 19.3. The van der Waals surface area contributed by atoms with Crippen LogP contribution in [0.2, 0.25) is 0 Å². The summed E-state index contributed by atoms with van der Waals surface area (Å²) in [4.78, 5) is 33.9. The van der Waals surface area contributed by atoms with Crippen LogP contribution in [0.15, 0.2) is 11.1 Å². The smallest absolute Gasteiger partial charge is 0.394 e. The van der Waals surface area contributed by atoms with Gasteiger partial charge in [-0.15, -0.1) is 13.2 Å². The van der Waals surface area contributed by atoms with E-state index < -0.39 is 54.9 Å². The number of carbonyl (C=O) groups excluding carboxylic acids is 1. The van der Waals surface area contributed by atoms with Crippen molar-refractivity contribution in [3.63, 3.8) is 0 Å². The summed E-state index contributed by atoms with van der Waals surface area (Å²) >= 11 is 0. The highest BCUT2D eigenvalue weighted by atomic mass is 19.4. The van der Waals surface area contributed by atoms with E-state index in [0.29, 0.717) is 0 Å². The molecule has 0 aromatic carbocycles. The monoisotopic (exact) mass is 421 g/mol. The van der Waals surface area contributed by atoms with Gasteiger partial charge in [-0.2, -0.15) is 0 Å². The van der Waals surface area contributed by atoms with Crippen LogP contribution in [0, 0.1) is 5.92 Å². The Hall–Kier alpha value is -2.55. The highest BCUT2D eigenvalue weighted by Gasteiger charge is 2.50. The lowest BCUT2D eigenvalue weighted by atomic mass is 10.1. The van der Waals surface area contributed by atoms with Gasteiger partial charge >= 0.3 is 6.36 Å². The van der Waals surface area contributed by atoms with Crippen molar-refractivity contribution in [1.82, 2.24) is 19.5 Å². The molecule has 29 heavy (non-hydrogen) atoms. The van der Waals surface area contributed by atoms with Crippen molar-refractivity contribution >= 4 is 17.1 Å². The standard InChI is InChI=1S/C15H18F3N5O6/c1-5(11(19)26)2-7-21-12-8(13(27)22-7)20-4-23(12)14-10(29-15(16,17)18)9(25)6(3-24)28-14/h4-6,9-10,14,24-25H,2-3H2,1H3,(H2,19,26)(H,21,22,27)/t5?,6-,9-,10-,14-/m1/s1. The Balaban J connectivity index is 2.04. The Bertz CT molecular complexity index is 960. The van der Waals surface area contributed by atoms with Gasteiger partial charge < -0.3 is 25.7 Å². The van der Waals surface area contributed by atoms with Crippen LogP contribution in [-0.2, 0) is 20.7 Å². The Morgan fingerprint density at radius 2 is 2.21 bits per heavy atom. The molecule has 3 heterocycles. The molecule has 0 spiro atoms. The minimum absolute atomic E-state index is 0.0262. The number of ether oxygens (including phenoxy) is 2. The molecule has 5 N–H and O–H groups in total. The van der Waals surface area contributed by atoms with E-state index in [1.54, 1.807) is 0 Å². The number of aromatic nitrogens is 4. The number of aliphatic hydroxyl groups is 2. The van der Waals surface area contributed by atoms with E-state index in [4.69, 9.17) is 10.5 Å². The third kappa shape index (κ3) is 4.24. The van der Waals surface area contributed by atoms with Gasteiger partial charge in [0.25, 0.3) is 5.56 Å². The quantitative estimate of drug-likeness (QED) is 0.458. The van der Waals surface area contributed by atoms with Crippen molar-refractivity contribution in [2.45, 2.75) is 44.2 Å². The van der Waals surface area contributed by atoms with E-state index >= 15 is 0 Å². The van der Waals surface area contributed by atoms with Gasteiger partial charge in [-0.3, -0.25) is 18.9 Å². The van der Waals surface area contributed by atoms with E-state index in [1.807, 2.05) is 0 Å². The number of alkyl halides is 3. The number of nitrogens with one attached hydrogen (secondary N) is 1. The molecule has 1 amide bonds. The number of nitrogens with zero attached hydrogens (tertiary/aromatic N) is 3. The fraction of sp³-hybridized carbons (Fsp3) is 0.600. The highest BCUT2D eigenvalue weighted by molar-refractivity contribution is 5.76. The molecule has 11 nitrogen and oxygen atoms in total. The number of hydrogen-bond donors (Lipinski definition) is 4. The first kappa shape index (κ1) is 21.2. The first-order valence-electron chi connectivity index (χ1n) is 8.45. The summed E-state index contributed by atoms with van der Waals surface area (Å²) in [6.45, 7) is 0.747. The highest BCUT2D eigenvalue weighted by Crippen LogP contribution is 2.36. The van der Waals surface area contributed by atoms with Crippen molar-refractivity contribution in [1.29, 1.82) is 0 Å². The summed E-state index contributed by atoms with van der Waals surface area (Å²) in [7, 11) is 0. The van der Waals surface area contributed by atoms with Crippen molar-refractivity contribution < 1.29 is 37.7 Å². The third-order valence-corrected chi connectivity index (χ3v) is 4.50. The molecule has 1 aliphatic heterocycles. The van der Waals surface area contributed by atoms with Crippen LogP contribution >= 0.6 is 0 Å². The zero-order valence-electron chi connectivity index (χ0n) is 15.0. The largest absolute Gasteiger partial charge is 0.523 e. The maximum absolute atomic E-state index is 12.8. The van der Waals surface area contributed by atoms with Crippen LogP contribution in [0.3, 0.4) is 0 Å². The SMILES string of the molecule is CC(Cc1nc2c(ncn2[C@@H]2O[C@H](CO)[C@@H](O)[C@H]2OC(F)(F)F)c(=O)[nH]1)C(N)=O. The zero-order valence-corrected chi connectivity index (χ0v) is 15.0. The lowest BCUT2D eigenvalue weighted by Crippen LogP contribution is -2.39. The van der Waals surface area contributed by atoms with Gasteiger partial charge in [0.1, 0.15) is 24.1 Å². The molecule has 0 saturated carbocycles. The average molecular weight is 421 g/mol. The van der Waals surface area contributed by atoms with Crippen molar-refractivity contribution in [2.24, 2.45) is 11.7 Å². The number of aliphatic hydroxyl groups excluding tert-OH is 2. The number of primary amides is 1. The van der Waals surface area contributed by atoms with E-state index in [2.05, 4.69) is 19.7 Å². The van der Waals surface area contributed by atoms with Crippen LogP contribution in [0.1, 0.15) is 19.0 Å². The molecule has 1 saturated heterocycles. The molecule has 0 aliphatic carbocycles. The molecular weight excluding hydrogens is 403 g/mol. The van der Waals surface area contributed by atoms with Gasteiger partial charge in [-0.1, -0.05) is 6.92 Å². The van der Waals surface area contributed by atoms with Crippen LogP contribution in [0.5, 0.6) is 0 Å². The van der Waals surface area contributed by atoms with E-state index in [9.17, 15) is 33.0 Å². The maximum atomic E-state index is 12.8. The van der Waals surface area contributed by atoms with Crippen LogP contribution in [0.25, 0.3) is 11.2 Å². The van der Waals surface area contributed by atoms with Gasteiger partial charge in [0, 0.05) is 12.3 Å². The lowest BCUT2D eigenvalue weighted by molar-refractivity contribution is -0.355. The molecule has 0 radical (unpaired) electrons.